The van der Waals surface area contributed by atoms with Gasteiger partial charge in [0.15, 0.2) is 0 Å². The van der Waals surface area contributed by atoms with Crippen LogP contribution in [0.25, 0.3) is 0 Å². The molecule has 4 N–H and O–H groups in total. The maximum absolute atomic E-state index is 5.60. The topological polar surface area (TPSA) is 61.3 Å². The molecule has 1 fully saturated rings. The van der Waals surface area contributed by atoms with Gasteiger partial charge in [0.1, 0.15) is 5.72 Å². The second kappa shape index (κ2) is 1.69. The molecule has 0 aromatic carbocycles. The third kappa shape index (κ3) is 0.727. The fourth-order valence-corrected chi connectivity index (χ4v) is 0.697. The minimum atomic E-state index is -0.500. The average Bonchev–Trinajstić information content (AvgIpc) is 1.60. The third-order valence-corrected chi connectivity index (χ3v) is 1.63. The van der Waals surface area contributed by atoms with E-state index in [-0.39, 0.29) is 6.04 Å². The Balaban J connectivity index is 2.41. The summed E-state index contributed by atoms with van der Waals surface area (Å²) in [4.78, 5) is 0. The SMILES string of the molecule is CC(N)C1(N)CCO1. The number of nitrogens with two attached hydrogens (primary N) is 2. The minimum Gasteiger partial charge on any atom is -0.359 e. The number of hydrogen-bond donors (Lipinski definition) is 2. The van der Waals surface area contributed by atoms with Crippen LogP contribution < -0.4 is 11.5 Å². The Bertz CT molecular complexity index is 88.4. The highest BCUT2D eigenvalue weighted by Gasteiger charge is 2.37. The number of hydrogen-bond acceptors (Lipinski definition) is 3. The maximum Gasteiger partial charge on any atom is 0.133 e. The van der Waals surface area contributed by atoms with Crippen LogP contribution in [0.3, 0.4) is 0 Å². The van der Waals surface area contributed by atoms with Gasteiger partial charge < -0.3 is 16.2 Å². The molecule has 1 aliphatic rings. The molecule has 2 unspecified atom stereocenters. The molecule has 0 bridgehead atoms. The van der Waals surface area contributed by atoms with Gasteiger partial charge >= 0.3 is 0 Å². The van der Waals surface area contributed by atoms with Gasteiger partial charge in [-0.3, -0.25) is 0 Å². The van der Waals surface area contributed by atoms with Gasteiger partial charge in [-0.25, -0.2) is 0 Å². The van der Waals surface area contributed by atoms with Crippen LogP contribution in [0.1, 0.15) is 13.3 Å². The summed E-state index contributed by atoms with van der Waals surface area (Å²) in [6.45, 7) is 2.62. The largest absolute Gasteiger partial charge is 0.359 e. The maximum atomic E-state index is 5.60. The van der Waals surface area contributed by atoms with Gasteiger partial charge in [-0.05, 0) is 6.92 Å². The van der Waals surface area contributed by atoms with Crippen LogP contribution in [0, 0.1) is 0 Å². The second-order valence-electron chi connectivity index (χ2n) is 2.34. The standard InChI is InChI=1S/C5H12N2O/c1-4(6)5(7)2-3-8-5/h4H,2-3,6-7H2,1H3. The van der Waals surface area contributed by atoms with Crippen molar-refractivity contribution in [1.29, 1.82) is 0 Å². The summed E-state index contributed by atoms with van der Waals surface area (Å²) < 4.78 is 5.03. The number of ether oxygens (including phenoxy) is 1. The summed E-state index contributed by atoms with van der Waals surface area (Å²) in [6.07, 6.45) is 0.894. The van der Waals surface area contributed by atoms with Gasteiger partial charge in [0.2, 0.25) is 0 Å². The van der Waals surface area contributed by atoms with Gasteiger partial charge in [-0.2, -0.15) is 0 Å². The van der Waals surface area contributed by atoms with Crippen molar-refractivity contribution in [2.75, 3.05) is 6.61 Å². The lowest BCUT2D eigenvalue weighted by Gasteiger charge is -2.41. The van der Waals surface area contributed by atoms with Crippen molar-refractivity contribution in [3.05, 3.63) is 0 Å². The molecule has 0 aliphatic carbocycles. The quantitative estimate of drug-likeness (QED) is 0.481. The number of rotatable bonds is 1. The Hall–Kier alpha value is -0.120. The van der Waals surface area contributed by atoms with E-state index in [0.717, 1.165) is 13.0 Å². The average molecular weight is 116 g/mol. The van der Waals surface area contributed by atoms with E-state index in [2.05, 4.69) is 0 Å². The summed E-state index contributed by atoms with van der Waals surface area (Å²) in [7, 11) is 0. The van der Waals surface area contributed by atoms with E-state index < -0.39 is 5.72 Å². The molecule has 0 radical (unpaired) electrons. The smallest absolute Gasteiger partial charge is 0.133 e. The first kappa shape index (κ1) is 6.01. The summed E-state index contributed by atoms with van der Waals surface area (Å²) in [5, 5.41) is 0. The fraction of sp³-hybridized carbons (Fsp3) is 1.00. The van der Waals surface area contributed by atoms with Crippen LogP contribution in [-0.4, -0.2) is 18.4 Å². The lowest BCUT2D eigenvalue weighted by atomic mass is 9.99. The minimum absolute atomic E-state index is 0.0451. The molecule has 0 amide bonds. The lowest BCUT2D eigenvalue weighted by molar-refractivity contribution is -0.153. The molecule has 0 aromatic rings. The van der Waals surface area contributed by atoms with Crippen LogP contribution in [0.2, 0.25) is 0 Å². The van der Waals surface area contributed by atoms with Crippen LogP contribution >= 0.6 is 0 Å². The van der Waals surface area contributed by atoms with Crippen molar-refractivity contribution in [2.45, 2.75) is 25.1 Å². The molecule has 8 heavy (non-hydrogen) atoms. The van der Waals surface area contributed by atoms with Crippen LogP contribution in [0.4, 0.5) is 0 Å². The normalized spacial score (nSPS) is 40.9. The highest BCUT2D eigenvalue weighted by atomic mass is 16.5. The molecule has 1 saturated heterocycles. The van der Waals surface area contributed by atoms with E-state index >= 15 is 0 Å². The predicted octanol–water partition coefficient (Wildman–Crippen LogP) is -0.591. The van der Waals surface area contributed by atoms with E-state index in [1.165, 1.54) is 0 Å². The highest BCUT2D eigenvalue weighted by Crippen LogP contribution is 2.22. The summed E-state index contributed by atoms with van der Waals surface area (Å²) in [5.74, 6) is 0. The highest BCUT2D eigenvalue weighted by molar-refractivity contribution is 4.88. The summed E-state index contributed by atoms with van der Waals surface area (Å²) in [6, 6.07) is -0.0451. The molecular formula is C5H12N2O. The van der Waals surface area contributed by atoms with Gasteiger partial charge in [0, 0.05) is 12.5 Å². The Morgan fingerprint density at radius 1 is 1.75 bits per heavy atom. The Labute approximate surface area is 49.0 Å². The monoisotopic (exact) mass is 116 g/mol. The van der Waals surface area contributed by atoms with Crippen molar-refractivity contribution in [2.24, 2.45) is 11.5 Å². The van der Waals surface area contributed by atoms with Crippen LogP contribution in [-0.2, 0) is 4.74 Å². The van der Waals surface area contributed by atoms with Gasteiger partial charge in [0.05, 0.1) is 6.61 Å². The Morgan fingerprint density at radius 2 is 2.25 bits per heavy atom. The zero-order valence-electron chi connectivity index (χ0n) is 5.05. The van der Waals surface area contributed by atoms with E-state index in [0.29, 0.717) is 0 Å². The van der Waals surface area contributed by atoms with E-state index in [1.807, 2.05) is 6.92 Å². The van der Waals surface area contributed by atoms with Crippen molar-refractivity contribution in [1.82, 2.24) is 0 Å². The second-order valence-corrected chi connectivity index (χ2v) is 2.34. The molecule has 48 valence electrons. The first-order valence-electron chi connectivity index (χ1n) is 2.83. The van der Waals surface area contributed by atoms with Crippen molar-refractivity contribution in [3.8, 4) is 0 Å². The lowest BCUT2D eigenvalue weighted by Crippen LogP contribution is -2.62. The molecule has 0 aromatic heterocycles. The van der Waals surface area contributed by atoms with E-state index in [9.17, 15) is 0 Å². The molecule has 1 aliphatic heterocycles. The van der Waals surface area contributed by atoms with Crippen LogP contribution in [0.15, 0.2) is 0 Å². The molecule has 1 rings (SSSR count). The van der Waals surface area contributed by atoms with Crippen LogP contribution in [0.5, 0.6) is 0 Å². The van der Waals surface area contributed by atoms with Crippen molar-refractivity contribution >= 4 is 0 Å². The first-order chi connectivity index (χ1) is 3.65. The van der Waals surface area contributed by atoms with Crippen molar-refractivity contribution in [3.63, 3.8) is 0 Å². The van der Waals surface area contributed by atoms with Gasteiger partial charge in [-0.1, -0.05) is 0 Å². The van der Waals surface area contributed by atoms with Crippen molar-refractivity contribution < 1.29 is 4.74 Å². The predicted molar refractivity (Wildman–Crippen MR) is 31.1 cm³/mol. The summed E-state index contributed by atoms with van der Waals surface area (Å²) in [5.41, 5.74) is 10.6. The fourth-order valence-electron chi connectivity index (χ4n) is 0.697. The zero-order chi connectivity index (χ0) is 6.20. The third-order valence-electron chi connectivity index (χ3n) is 1.63. The van der Waals surface area contributed by atoms with Gasteiger partial charge in [0.25, 0.3) is 0 Å². The van der Waals surface area contributed by atoms with E-state index in [4.69, 9.17) is 16.2 Å². The van der Waals surface area contributed by atoms with E-state index in [1.54, 1.807) is 0 Å². The molecule has 1 heterocycles. The van der Waals surface area contributed by atoms with Gasteiger partial charge in [-0.15, -0.1) is 0 Å². The summed E-state index contributed by atoms with van der Waals surface area (Å²) >= 11 is 0. The zero-order valence-corrected chi connectivity index (χ0v) is 5.05. The molecular weight excluding hydrogens is 104 g/mol. The Morgan fingerprint density at radius 3 is 2.25 bits per heavy atom. The molecule has 3 nitrogen and oxygen atoms in total. The molecule has 3 heteroatoms. The molecule has 0 spiro atoms. The molecule has 2 atom stereocenters. The first-order valence-corrected chi connectivity index (χ1v) is 2.83. The Kier molecular flexibility index (Phi) is 1.27. The molecule has 0 saturated carbocycles.